The molecule has 0 fully saturated rings. The molecule has 0 aliphatic heterocycles. The third kappa shape index (κ3) is 3.61. The molecule has 0 saturated heterocycles. The molecule has 0 rings (SSSR count). The van der Waals surface area contributed by atoms with E-state index in [0.29, 0.717) is 4.48 Å². The Morgan fingerprint density at radius 3 is 2.50 bits per heavy atom. The zero-order valence-electron chi connectivity index (χ0n) is 4.50. The van der Waals surface area contributed by atoms with Crippen molar-refractivity contribution in [3.05, 3.63) is 10.6 Å². The topological polar surface area (TPSA) is 0 Å². The van der Waals surface area contributed by atoms with Gasteiger partial charge < -0.3 is 0 Å². The summed E-state index contributed by atoms with van der Waals surface area (Å²) in [6, 6.07) is 0. The van der Waals surface area contributed by atoms with Crippen LogP contribution in [-0.4, -0.2) is 5.08 Å². The average Bonchev–Trinajstić information content (AvgIpc) is 1.67. The lowest BCUT2D eigenvalue weighted by atomic mass is 10.4. The van der Waals surface area contributed by atoms with Crippen LogP contribution in [0.2, 0.25) is 0 Å². The first kappa shape index (κ1) is 8.63. The maximum Gasteiger partial charge on any atom is 0.186 e. The fourth-order valence-electron chi connectivity index (χ4n) is 0.284. The normalized spacial score (nSPS) is 16.2. The van der Waals surface area contributed by atoms with Crippen molar-refractivity contribution in [2.45, 2.75) is 18.4 Å². The number of allylic oxidation sites excluding steroid dienone is 2. The molecule has 0 heterocycles. The Kier molecular flexibility index (Phi) is 4.86. The molecule has 0 aromatic rings. The Hall–Kier alpha value is 0.630. The number of hydrogen-bond donors (Lipinski definition) is 0. The minimum absolute atomic E-state index is 0.569. The molecule has 0 amide bonds. The Morgan fingerprint density at radius 2 is 2.38 bits per heavy atom. The molecule has 8 heavy (non-hydrogen) atoms. The van der Waals surface area contributed by atoms with Gasteiger partial charge >= 0.3 is 0 Å². The van der Waals surface area contributed by atoms with Crippen molar-refractivity contribution in [3.63, 3.8) is 0 Å². The molecular formula is C5H7Br2F. The van der Waals surface area contributed by atoms with Gasteiger partial charge in [-0.15, -0.1) is 0 Å². The summed E-state index contributed by atoms with van der Waals surface area (Å²) in [6.45, 7) is 1.96. The zero-order valence-corrected chi connectivity index (χ0v) is 7.67. The van der Waals surface area contributed by atoms with Gasteiger partial charge in [-0.3, -0.25) is 0 Å². The summed E-state index contributed by atoms with van der Waals surface area (Å²) < 4.78 is 12.7. The van der Waals surface area contributed by atoms with Crippen LogP contribution in [0.25, 0.3) is 0 Å². The van der Waals surface area contributed by atoms with E-state index in [2.05, 4.69) is 31.9 Å². The highest BCUT2D eigenvalue weighted by molar-refractivity contribution is 9.14. The van der Waals surface area contributed by atoms with Crippen molar-refractivity contribution in [2.24, 2.45) is 0 Å². The van der Waals surface area contributed by atoms with Gasteiger partial charge in [-0.25, -0.2) is 4.39 Å². The first-order valence-electron chi connectivity index (χ1n) is 2.32. The van der Waals surface area contributed by atoms with Gasteiger partial charge in [0.25, 0.3) is 0 Å². The van der Waals surface area contributed by atoms with Crippen molar-refractivity contribution >= 4 is 31.9 Å². The van der Waals surface area contributed by atoms with Crippen molar-refractivity contribution in [2.75, 3.05) is 0 Å². The van der Waals surface area contributed by atoms with Crippen LogP contribution >= 0.6 is 31.9 Å². The Labute approximate surface area is 65.4 Å². The summed E-state index contributed by atoms with van der Waals surface area (Å²) in [6.07, 6.45) is 2.63. The number of hydrogen-bond acceptors (Lipinski definition) is 0. The summed E-state index contributed by atoms with van der Waals surface area (Å²) in [5.41, 5.74) is 0. The predicted molar refractivity (Wildman–Crippen MR) is 41.1 cm³/mol. The van der Waals surface area contributed by atoms with Crippen molar-refractivity contribution in [3.8, 4) is 0 Å². The average molecular weight is 246 g/mol. The van der Waals surface area contributed by atoms with Gasteiger partial charge in [0, 0.05) is 4.48 Å². The second-order valence-corrected chi connectivity index (χ2v) is 3.02. The summed E-state index contributed by atoms with van der Waals surface area (Å²) in [5.74, 6) is 0. The highest BCUT2D eigenvalue weighted by atomic mass is 79.9. The maximum absolute atomic E-state index is 12.1. The minimum Gasteiger partial charge on any atom is -0.229 e. The van der Waals surface area contributed by atoms with E-state index < -0.39 is 5.08 Å². The van der Waals surface area contributed by atoms with Gasteiger partial charge in [-0.05, 0) is 22.4 Å². The van der Waals surface area contributed by atoms with E-state index in [0.717, 1.165) is 6.42 Å². The highest BCUT2D eigenvalue weighted by Gasteiger charge is 2.01. The molecule has 48 valence electrons. The molecule has 0 bridgehead atoms. The molecule has 0 spiro atoms. The molecule has 0 aliphatic rings. The molecule has 0 nitrogen and oxygen atoms in total. The summed E-state index contributed by atoms with van der Waals surface area (Å²) in [4.78, 5) is 0. The molecule has 0 aromatic carbocycles. The monoisotopic (exact) mass is 244 g/mol. The Bertz CT molecular complexity index is 88.4. The van der Waals surface area contributed by atoms with Gasteiger partial charge in [-0.1, -0.05) is 28.9 Å². The van der Waals surface area contributed by atoms with Gasteiger partial charge in [-0.2, -0.15) is 0 Å². The second-order valence-electron chi connectivity index (χ2n) is 1.30. The van der Waals surface area contributed by atoms with Crippen LogP contribution in [0.5, 0.6) is 0 Å². The van der Waals surface area contributed by atoms with E-state index in [1.807, 2.05) is 6.92 Å². The Morgan fingerprint density at radius 1 is 1.88 bits per heavy atom. The van der Waals surface area contributed by atoms with E-state index in [-0.39, 0.29) is 0 Å². The molecule has 1 unspecified atom stereocenters. The van der Waals surface area contributed by atoms with E-state index in [1.54, 1.807) is 6.08 Å². The fraction of sp³-hybridized carbons (Fsp3) is 0.600. The SMILES string of the molecule is CCC=C(Br)C(F)Br. The molecule has 0 saturated carbocycles. The Balaban J connectivity index is 3.61. The van der Waals surface area contributed by atoms with Crippen molar-refractivity contribution < 1.29 is 4.39 Å². The second kappa shape index (κ2) is 4.50. The van der Waals surface area contributed by atoms with Crippen LogP contribution in [-0.2, 0) is 0 Å². The smallest absolute Gasteiger partial charge is 0.186 e. The lowest BCUT2D eigenvalue weighted by molar-refractivity contribution is 0.524. The molecule has 0 aliphatic carbocycles. The number of halogens is 3. The van der Waals surface area contributed by atoms with Crippen molar-refractivity contribution in [1.29, 1.82) is 0 Å². The quantitative estimate of drug-likeness (QED) is 0.655. The number of alkyl halides is 2. The fourth-order valence-corrected chi connectivity index (χ4v) is 0.795. The first-order valence-corrected chi connectivity index (χ1v) is 4.03. The summed E-state index contributed by atoms with van der Waals surface area (Å²) in [5, 5.41) is -1.04. The summed E-state index contributed by atoms with van der Waals surface area (Å²) >= 11 is 5.80. The largest absolute Gasteiger partial charge is 0.229 e. The molecular weight excluding hydrogens is 239 g/mol. The lowest BCUT2D eigenvalue weighted by Gasteiger charge is -1.93. The van der Waals surface area contributed by atoms with Gasteiger partial charge in [0.05, 0.1) is 0 Å². The van der Waals surface area contributed by atoms with Gasteiger partial charge in [0.2, 0.25) is 0 Å². The van der Waals surface area contributed by atoms with Gasteiger partial charge in [0.1, 0.15) is 0 Å². The van der Waals surface area contributed by atoms with Gasteiger partial charge in [0.15, 0.2) is 5.08 Å². The first-order chi connectivity index (χ1) is 3.68. The van der Waals surface area contributed by atoms with E-state index in [4.69, 9.17) is 0 Å². The molecule has 1 atom stereocenters. The van der Waals surface area contributed by atoms with Crippen molar-refractivity contribution in [1.82, 2.24) is 0 Å². The van der Waals surface area contributed by atoms with Crippen LogP contribution in [0.3, 0.4) is 0 Å². The third-order valence-corrected chi connectivity index (χ3v) is 2.44. The number of rotatable bonds is 2. The lowest BCUT2D eigenvalue weighted by Crippen LogP contribution is -1.83. The zero-order chi connectivity index (χ0) is 6.57. The van der Waals surface area contributed by atoms with E-state index in [9.17, 15) is 4.39 Å². The van der Waals surface area contributed by atoms with Crippen LogP contribution in [0, 0.1) is 0 Å². The maximum atomic E-state index is 12.1. The van der Waals surface area contributed by atoms with Crippen LogP contribution in [0.1, 0.15) is 13.3 Å². The van der Waals surface area contributed by atoms with Crippen LogP contribution in [0.15, 0.2) is 10.6 Å². The predicted octanol–water partition coefficient (Wildman–Crippen LogP) is 3.37. The van der Waals surface area contributed by atoms with Crippen LogP contribution < -0.4 is 0 Å². The highest BCUT2D eigenvalue weighted by Crippen LogP contribution is 2.19. The van der Waals surface area contributed by atoms with E-state index >= 15 is 0 Å². The van der Waals surface area contributed by atoms with E-state index in [1.165, 1.54) is 0 Å². The van der Waals surface area contributed by atoms with Crippen LogP contribution in [0.4, 0.5) is 4.39 Å². The molecule has 3 heteroatoms. The standard InChI is InChI=1S/C5H7Br2F/c1-2-3-4(6)5(7)8/h3,5H,2H2,1H3. The third-order valence-electron chi connectivity index (χ3n) is 0.608. The molecule has 0 aromatic heterocycles. The minimum atomic E-state index is -1.04. The molecule has 0 radical (unpaired) electrons. The summed E-state index contributed by atoms with van der Waals surface area (Å²) in [7, 11) is 0. The molecule has 0 N–H and O–H groups in total.